The van der Waals surface area contributed by atoms with E-state index in [2.05, 4.69) is 20.5 Å². The molecule has 1 saturated heterocycles. The monoisotopic (exact) mass is 300 g/mol. The van der Waals surface area contributed by atoms with Crippen molar-refractivity contribution in [3.63, 3.8) is 0 Å². The van der Waals surface area contributed by atoms with Crippen LogP contribution in [0.15, 0.2) is 5.16 Å². The predicted octanol–water partition coefficient (Wildman–Crippen LogP) is 0.517. The number of hydrogen-bond acceptors (Lipinski definition) is 6. The number of rotatable bonds is 8. The highest BCUT2D eigenvalue weighted by Gasteiger charge is 2.15. The van der Waals surface area contributed by atoms with Gasteiger partial charge in [-0.2, -0.15) is 0 Å². The second kappa shape index (κ2) is 8.23. The van der Waals surface area contributed by atoms with Gasteiger partial charge in [-0.25, -0.2) is 4.98 Å². The molecule has 0 aliphatic carbocycles. The topological polar surface area (TPSA) is 89.1 Å². The third-order valence-corrected chi connectivity index (χ3v) is 3.64. The summed E-state index contributed by atoms with van der Waals surface area (Å²) in [5, 5.41) is 10.3. The van der Waals surface area contributed by atoms with Gasteiger partial charge in [0.15, 0.2) is 0 Å². The number of ether oxygens (including phenoxy) is 2. The minimum Gasteiger partial charge on any atom is -0.376 e. The number of nitrogens with one attached hydrogen (secondary N) is 2. The molecule has 1 aromatic heterocycles. The summed E-state index contributed by atoms with van der Waals surface area (Å²) in [6.07, 6.45) is 2.26. The van der Waals surface area contributed by atoms with Gasteiger partial charge in [-0.3, -0.25) is 9.89 Å². The lowest BCUT2D eigenvalue weighted by Crippen LogP contribution is -2.30. The maximum atomic E-state index is 11.5. The number of carbonyl (C=O) groups excluding carboxylic acids is 1. The molecule has 0 aromatic carbocycles. The molecule has 2 rings (SSSR count). The van der Waals surface area contributed by atoms with E-state index in [0.717, 1.165) is 31.0 Å². The van der Waals surface area contributed by atoms with E-state index >= 15 is 0 Å². The number of amides is 1. The molecular weight excluding hydrogens is 280 g/mol. The van der Waals surface area contributed by atoms with Crippen molar-refractivity contribution in [2.24, 2.45) is 0 Å². The zero-order valence-corrected chi connectivity index (χ0v) is 12.4. The van der Waals surface area contributed by atoms with Crippen LogP contribution in [0, 0.1) is 6.92 Å². The molecule has 7 nitrogen and oxygen atoms in total. The third-order valence-electron chi connectivity index (χ3n) is 2.79. The Balaban J connectivity index is 1.47. The van der Waals surface area contributed by atoms with Crippen molar-refractivity contribution < 1.29 is 14.3 Å². The summed E-state index contributed by atoms with van der Waals surface area (Å²) in [6.45, 7) is 3.81. The number of carbonyl (C=O) groups is 1. The molecule has 1 aliphatic heterocycles. The molecule has 1 aromatic rings. The molecule has 0 bridgehead atoms. The molecule has 8 heteroatoms. The number of nitrogens with zero attached hydrogens (tertiary/aromatic N) is 2. The van der Waals surface area contributed by atoms with Crippen molar-refractivity contribution in [3.05, 3.63) is 5.82 Å². The van der Waals surface area contributed by atoms with Crippen molar-refractivity contribution in [2.75, 3.05) is 32.1 Å². The number of hydrogen-bond donors (Lipinski definition) is 2. The first-order valence-corrected chi connectivity index (χ1v) is 7.70. The van der Waals surface area contributed by atoms with Crippen LogP contribution in [0.3, 0.4) is 0 Å². The van der Waals surface area contributed by atoms with Gasteiger partial charge in [0.05, 0.1) is 12.7 Å². The molecule has 1 atom stereocenters. The summed E-state index contributed by atoms with van der Waals surface area (Å²) < 4.78 is 10.7. The predicted molar refractivity (Wildman–Crippen MR) is 74.6 cm³/mol. The van der Waals surface area contributed by atoms with Crippen molar-refractivity contribution in [2.45, 2.75) is 31.0 Å². The van der Waals surface area contributed by atoms with E-state index < -0.39 is 0 Å². The number of aryl methyl sites for hydroxylation is 1. The molecule has 20 heavy (non-hydrogen) atoms. The van der Waals surface area contributed by atoms with Crippen LogP contribution in [-0.4, -0.2) is 59.3 Å². The molecule has 1 unspecified atom stereocenters. The molecule has 2 N–H and O–H groups in total. The van der Waals surface area contributed by atoms with E-state index in [0.29, 0.717) is 18.3 Å². The smallest absolute Gasteiger partial charge is 0.246 e. The first-order chi connectivity index (χ1) is 9.74. The van der Waals surface area contributed by atoms with Gasteiger partial charge in [-0.1, -0.05) is 11.8 Å². The van der Waals surface area contributed by atoms with Crippen molar-refractivity contribution in [1.82, 2.24) is 20.5 Å². The first kappa shape index (κ1) is 15.3. The summed E-state index contributed by atoms with van der Waals surface area (Å²) >= 11 is 1.50. The molecule has 112 valence electrons. The zero-order valence-electron chi connectivity index (χ0n) is 11.6. The van der Waals surface area contributed by atoms with Gasteiger partial charge >= 0.3 is 0 Å². The maximum Gasteiger partial charge on any atom is 0.246 e. The number of thioether (sulfide) groups is 1. The van der Waals surface area contributed by atoms with E-state index in [1.807, 2.05) is 6.92 Å². The lowest BCUT2D eigenvalue weighted by atomic mass is 10.2. The average molecular weight is 300 g/mol. The molecule has 1 amide bonds. The summed E-state index contributed by atoms with van der Waals surface area (Å²) in [7, 11) is 0. The normalized spacial score (nSPS) is 18.4. The number of aromatic nitrogens is 3. The van der Waals surface area contributed by atoms with Crippen molar-refractivity contribution in [3.8, 4) is 0 Å². The van der Waals surface area contributed by atoms with E-state index in [4.69, 9.17) is 9.47 Å². The second-order valence-corrected chi connectivity index (χ2v) is 5.61. The van der Waals surface area contributed by atoms with E-state index in [1.54, 1.807) is 0 Å². The van der Waals surface area contributed by atoms with E-state index in [-0.39, 0.29) is 18.6 Å². The lowest BCUT2D eigenvalue weighted by Gasteiger charge is -2.10. The van der Waals surface area contributed by atoms with Crippen molar-refractivity contribution in [1.29, 1.82) is 0 Å². The Labute approximate surface area is 122 Å². The Bertz CT molecular complexity index is 421. The third kappa shape index (κ3) is 5.48. The van der Waals surface area contributed by atoms with Gasteiger partial charge in [0, 0.05) is 18.9 Å². The summed E-state index contributed by atoms with van der Waals surface area (Å²) in [5.74, 6) is 1.42. The Hall–Kier alpha value is -1.12. The minimum absolute atomic E-state index is 0.0876. The van der Waals surface area contributed by atoms with Gasteiger partial charge in [0.25, 0.3) is 0 Å². The maximum absolute atomic E-state index is 11.5. The van der Waals surface area contributed by atoms with Crippen LogP contribution in [0.5, 0.6) is 0 Å². The summed E-state index contributed by atoms with van der Waals surface area (Å²) in [5.41, 5.74) is 0. The molecule has 1 aliphatic rings. The van der Waals surface area contributed by atoms with Gasteiger partial charge in [-0.15, -0.1) is 5.10 Å². The lowest BCUT2D eigenvalue weighted by molar-refractivity contribution is -0.126. The van der Waals surface area contributed by atoms with Gasteiger partial charge in [0.2, 0.25) is 11.1 Å². The molecule has 2 heterocycles. The molecule has 0 radical (unpaired) electrons. The van der Waals surface area contributed by atoms with Gasteiger partial charge in [-0.05, 0) is 19.8 Å². The van der Waals surface area contributed by atoms with Crippen LogP contribution in [0.4, 0.5) is 0 Å². The Morgan fingerprint density at radius 1 is 1.65 bits per heavy atom. The quantitative estimate of drug-likeness (QED) is 0.537. The molecule has 0 spiro atoms. The highest BCUT2D eigenvalue weighted by atomic mass is 32.2. The second-order valence-electron chi connectivity index (χ2n) is 4.55. The highest BCUT2D eigenvalue weighted by Crippen LogP contribution is 2.12. The van der Waals surface area contributed by atoms with Crippen molar-refractivity contribution >= 4 is 17.7 Å². The fourth-order valence-corrected chi connectivity index (χ4v) is 2.53. The summed E-state index contributed by atoms with van der Waals surface area (Å²) in [6, 6.07) is 0. The standard InChI is InChI=1S/C12H20N4O3S/c1-9-14-12(16-15-9)20-6-4-13-11(17)8-18-7-10-3-2-5-19-10/h10H,2-8H2,1H3,(H,13,17)(H,14,15,16). The Morgan fingerprint density at radius 2 is 2.55 bits per heavy atom. The summed E-state index contributed by atoms with van der Waals surface area (Å²) in [4.78, 5) is 15.7. The Kier molecular flexibility index (Phi) is 6.28. The van der Waals surface area contributed by atoms with Crippen LogP contribution in [0.25, 0.3) is 0 Å². The van der Waals surface area contributed by atoms with E-state index in [9.17, 15) is 4.79 Å². The van der Waals surface area contributed by atoms with Gasteiger partial charge in [0.1, 0.15) is 12.4 Å². The van der Waals surface area contributed by atoms with Crippen LogP contribution >= 0.6 is 11.8 Å². The number of aromatic amines is 1. The molecule has 0 saturated carbocycles. The van der Waals surface area contributed by atoms with Gasteiger partial charge < -0.3 is 14.8 Å². The van der Waals surface area contributed by atoms with Crippen LogP contribution in [-0.2, 0) is 14.3 Å². The average Bonchev–Trinajstić information content (AvgIpc) is 3.06. The van der Waals surface area contributed by atoms with Crippen LogP contribution in [0.2, 0.25) is 0 Å². The Morgan fingerprint density at radius 3 is 3.25 bits per heavy atom. The first-order valence-electron chi connectivity index (χ1n) is 6.72. The van der Waals surface area contributed by atoms with E-state index in [1.165, 1.54) is 11.8 Å². The fraction of sp³-hybridized carbons (Fsp3) is 0.750. The largest absolute Gasteiger partial charge is 0.376 e. The fourth-order valence-electron chi connectivity index (χ4n) is 1.83. The molecule has 1 fully saturated rings. The SMILES string of the molecule is Cc1nc(SCCNC(=O)COCC2CCCO2)n[nH]1. The van der Waals surface area contributed by atoms with Crippen LogP contribution < -0.4 is 5.32 Å². The zero-order chi connectivity index (χ0) is 14.2. The number of H-pyrrole nitrogens is 1. The van der Waals surface area contributed by atoms with Crippen LogP contribution in [0.1, 0.15) is 18.7 Å². The minimum atomic E-state index is -0.102. The molecular formula is C12H20N4O3S. The highest BCUT2D eigenvalue weighted by molar-refractivity contribution is 7.99.